The van der Waals surface area contributed by atoms with Crippen molar-refractivity contribution in [1.29, 1.82) is 0 Å². The molecule has 0 radical (unpaired) electrons. The Morgan fingerprint density at radius 2 is 2.00 bits per heavy atom. The van der Waals surface area contributed by atoms with Crippen LogP contribution in [0.3, 0.4) is 0 Å². The second kappa shape index (κ2) is 2.86. The van der Waals surface area contributed by atoms with Crippen molar-refractivity contribution < 1.29 is 14.4 Å². The Bertz CT molecular complexity index is 302. The summed E-state index contributed by atoms with van der Waals surface area (Å²) in [5, 5.41) is 5.79. The maximum absolute atomic E-state index is 11.6. The summed E-state index contributed by atoms with van der Waals surface area (Å²) < 4.78 is 0. The Hall–Kier alpha value is -1.27. The average Bonchev–Trinajstić information content (AvgIpc) is 2.19. The first-order valence-corrected chi connectivity index (χ1v) is 4.43. The lowest BCUT2D eigenvalue weighted by atomic mass is 9.64. The van der Waals surface area contributed by atoms with E-state index >= 15 is 0 Å². The van der Waals surface area contributed by atoms with Crippen molar-refractivity contribution in [2.45, 2.75) is 5.54 Å². The van der Waals surface area contributed by atoms with Crippen LogP contribution in [0.15, 0.2) is 0 Å². The number of ketones is 2. The number of nitrogens with one attached hydrogen (secondary N) is 2. The van der Waals surface area contributed by atoms with E-state index in [9.17, 15) is 14.4 Å². The number of amides is 1. The second-order valence-corrected chi connectivity index (χ2v) is 3.57. The van der Waals surface area contributed by atoms with E-state index in [4.69, 9.17) is 5.73 Å². The number of primary amides is 1. The van der Waals surface area contributed by atoms with Gasteiger partial charge in [0.15, 0.2) is 23.0 Å². The molecule has 1 aliphatic heterocycles. The smallest absolute Gasteiger partial charge is 0.235 e. The minimum atomic E-state index is -1.23. The molecular weight excluding hydrogens is 186 g/mol. The van der Waals surface area contributed by atoms with Gasteiger partial charge in [-0.2, -0.15) is 0 Å². The van der Waals surface area contributed by atoms with Gasteiger partial charge in [-0.25, -0.2) is 0 Å². The summed E-state index contributed by atoms with van der Waals surface area (Å²) in [4.78, 5) is 33.9. The van der Waals surface area contributed by atoms with E-state index < -0.39 is 28.9 Å². The maximum Gasteiger partial charge on any atom is 0.235 e. The number of hydrogen-bond donors (Lipinski definition) is 3. The van der Waals surface area contributed by atoms with Gasteiger partial charge in [-0.15, -0.1) is 0 Å². The monoisotopic (exact) mass is 197 g/mol. The Balaban J connectivity index is 2.21. The maximum atomic E-state index is 11.6. The van der Waals surface area contributed by atoms with Gasteiger partial charge in [-0.3, -0.25) is 19.7 Å². The summed E-state index contributed by atoms with van der Waals surface area (Å²) in [7, 11) is 0. The highest BCUT2D eigenvalue weighted by Crippen LogP contribution is 2.30. The Morgan fingerprint density at radius 1 is 1.36 bits per heavy atom. The highest BCUT2D eigenvalue weighted by Gasteiger charge is 2.64. The third-order valence-electron chi connectivity index (χ3n) is 2.77. The van der Waals surface area contributed by atoms with E-state index in [1.54, 1.807) is 0 Å². The van der Waals surface area contributed by atoms with Crippen LogP contribution in [0.1, 0.15) is 0 Å². The van der Waals surface area contributed by atoms with E-state index in [1.165, 1.54) is 0 Å². The molecule has 1 heterocycles. The first-order valence-electron chi connectivity index (χ1n) is 4.43. The molecule has 14 heavy (non-hydrogen) atoms. The molecule has 0 aromatic rings. The van der Waals surface area contributed by atoms with Crippen LogP contribution < -0.4 is 16.4 Å². The van der Waals surface area contributed by atoms with E-state index in [2.05, 4.69) is 10.6 Å². The van der Waals surface area contributed by atoms with Crippen LogP contribution in [-0.2, 0) is 14.4 Å². The molecule has 1 saturated heterocycles. The molecule has 2 aliphatic rings. The molecule has 4 N–H and O–H groups in total. The van der Waals surface area contributed by atoms with Gasteiger partial charge in [0.1, 0.15) is 0 Å². The lowest BCUT2D eigenvalue weighted by Crippen LogP contribution is -2.79. The topological polar surface area (TPSA) is 101 Å². The van der Waals surface area contributed by atoms with Crippen molar-refractivity contribution in [1.82, 2.24) is 10.6 Å². The molecule has 0 aromatic heterocycles. The quantitative estimate of drug-likeness (QED) is 0.393. The number of piperazine rings is 1. The van der Waals surface area contributed by atoms with Crippen molar-refractivity contribution >= 4 is 17.5 Å². The van der Waals surface area contributed by atoms with Gasteiger partial charge in [0.05, 0.1) is 0 Å². The number of hydrogen-bond acceptors (Lipinski definition) is 5. The molecule has 6 nitrogen and oxygen atoms in total. The summed E-state index contributed by atoms with van der Waals surface area (Å²) in [6.07, 6.45) is 0. The molecule has 1 aliphatic carbocycles. The third-order valence-corrected chi connectivity index (χ3v) is 2.77. The van der Waals surface area contributed by atoms with Crippen molar-refractivity contribution in [2.75, 3.05) is 19.6 Å². The molecule has 0 atom stereocenters. The fraction of sp³-hybridized carbons (Fsp3) is 0.625. The summed E-state index contributed by atoms with van der Waals surface area (Å²) in [5.74, 6) is -2.88. The van der Waals surface area contributed by atoms with Crippen LogP contribution in [0.2, 0.25) is 0 Å². The molecule has 6 heteroatoms. The molecule has 0 bridgehead atoms. The fourth-order valence-electron chi connectivity index (χ4n) is 1.97. The SMILES string of the molecule is NC(=O)C1C(=O)C2(CNCCN2)C1=O. The third kappa shape index (κ3) is 0.948. The average molecular weight is 197 g/mol. The molecule has 0 unspecified atom stereocenters. The number of nitrogens with two attached hydrogens (primary N) is 1. The zero-order valence-electron chi connectivity index (χ0n) is 7.50. The first-order chi connectivity index (χ1) is 6.59. The second-order valence-electron chi connectivity index (χ2n) is 3.57. The number of carbonyl (C=O) groups excluding carboxylic acids is 3. The normalized spacial score (nSPS) is 37.0. The highest BCUT2D eigenvalue weighted by molar-refractivity contribution is 6.40. The predicted octanol–water partition coefficient (Wildman–Crippen LogP) is -2.83. The Labute approximate surface area is 80.2 Å². The van der Waals surface area contributed by atoms with E-state index in [0.29, 0.717) is 13.1 Å². The molecule has 2 rings (SSSR count). The van der Waals surface area contributed by atoms with Crippen LogP contribution >= 0.6 is 0 Å². The zero-order valence-corrected chi connectivity index (χ0v) is 7.50. The minimum Gasteiger partial charge on any atom is -0.369 e. The van der Waals surface area contributed by atoms with Crippen molar-refractivity contribution in [3.63, 3.8) is 0 Å². The van der Waals surface area contributed by atoms with Crippen LogP contribution in [0.25, 0.3) is 0 Å². The Morgan fingerprint density at radius 3 is 2.43 bits per heavy atom. The highest BCUT2D eigenvalue weighted by atomic mass is 16.2. The number of carbonyl (C=O) groups is 3. The van der Waals surface area contributed by atoms with Gasteiger partial charge in [-0.1, -0.05) is 0 Å². The van der Waals surface area contributed by atoms with Crippen molar-refractivity contribution in [2.24, 2.45) is 11.7 Å². The van der Waals surface area contributed by atoms with E-state index in [1.807, 2.05) is 0 Å². The molecule has 76 valence electrons. The van der Waals surface area contributed by atoms with Gasteiger partial charge in [0.2, 0.25) is 5.91 Å². The van der Waals surface area contributed by atoms with Gasteiger partial charge >= 0.3 is 0 Å². The van der Waals surface area contributed by atoms with Gasteiger partial charge in [0.25, 0.3) is 0 Å². The standard InChI is InChI=1S/C8H11N3O3/c9-7(14)4-5(12)8(6(4)13)3-10-1-2-11-8/h4,10-11H,1-3H2,(H2,9,14). The minimum absolute atomic E-state index is 0.258. The molecule has 0 aromatic carbocycles. The molecule has 1 amide bonds. The van der Waals surface area contributed by atoms with Crippen LogP contribution in [-0.4, -0.2) is 42.6 Å². The molecule has 1 saturated carbocycles. The first kappa shape index (κ1) is 9.29. The van der Waals surface area contributed by atoms with Crippen LogP contribution in [0.4, 0.5) is 0 Å². The summed E-state index contributed by atoms with van der Waals surface area (Å²) in [5.41, 5.74) is 3.77. The van der Waals surface area contributed by atoms with Crippen molar-refractivity contribution in [3.8, 4) is 0 Å². The summed E-state index contributed by atoms with van der Waals surface area (Å²) in [6, 6.07) is 0. The van der Waals surface area contributed by atoms with Crippen LogP contribution in [0, 0.1) is 5.92 Å². The van der Waals surface area contributed by atoms with Crippen LogP contribution in [0.5, 0.6) is 0 Å². The number of rotatable bonds is 1. The molecule has 1 spiro atoms. The fourth-order valence-corrected chi connectivity index (χ4v) is 1.97. The van der Waals surface area contributed by atoms with E-state index in [0.717, 1.165) is 0 Å². The van der Waals surface area contributed by atoms with Crippen molar-refractivity contribution in [3.05, 3.63) is 0 Å². The lowest BCUT2D eigenvalue weighted by Gasteiger charge is -2.45. The lowest BCUT2D eigenvalue weighted by molar-refractivity contribution is -0.158. The summed E-state index contributed by atoms with van der Waals surface area (Å²) >= 11 is 0. The predicted molar refractivity (Wildman–Crippen MR) is 46.3 cm³/mol. The van der Waals surface area contributed by atoms with Gasteiger partial charge in [-0.05, 0) is 0 Å². The van der Waals surface area contributed by atoms with Gasteiger partial charge < -0.3 is 11.1 Å². The zero-order chi connectivity index (χ0) is 10.3. The molecule has 2 fully saturated rings. The largest absolute Gasteiger partial charge is 0.369 e. The molecular formula is C8H11N3O3. The van der Waals surface area contributed by atoms with Gasteiger partial charge in [0, 0.05) is 19.6 Å². The summed E-state index contributed by atoms with van der Waals surface area (Å²) in [6.45, 7) is 1.51. The number of Topliss-reactive ketones (excluding diaryl/α,β-unsaturated/α-hetero) is 2. The van der Waals surface area contributed by atoms with E-state index in [-0.39, 0.29) is 6.54 Å². The Kier molecular flexibility index (Phi) is 1.90.